The zero-order valence-corrected chi connectivity index (χ0v) is 13.3. The van der Waals surface area contributed by atoms with Gasteiger partial charge in [0.2, 0.25) is 0 Å². The Hall–Kier alpha value is -1.75. The summed E-state index contributed by atoms with van der Waals surface area (Å²) in [5.41, 5.74) is 1.41. The highest BCUT2D eigenvalue weighted by Gasteiger charge is 2.39. The van der Waals surface area contributed by atoms with Crippen molar-refractivity contribution in [2.24, 2.45) is 0 Å². The molecular weight excluding hydrogens is 282 g/mol. The van der Waals surface area contributed by atoms with Gasteiger partial charge in [-0.2, -0.15) is 0 Å². The van der Waals surface area contributed by atoms with Crippen molar-refractivity contribution in [1.82, 2.24) is 0 Å². The molecule has 1 heterocycles. The fourth-order valence-electron chi connectivity index (χ4n) is 3.52. The molecule has 1 fully saturated rings. The molecule has 1 aromatic rings. The molecule has 1 saturated carbocycles. The second kappa shape index (κ2) is 6.57. The molecular formula is C17H24NO4+. The number of cyclic esters (lactones) is 1. The third kappa shape index (κ3) is 2.77. The average molecular weight is 306 g/mol. The molecule has 120 valence electrons. The molecule has 1 aliphatic carbocycles. The Morgan fingerprint density at radius 2 is 1.82 bits per heavy atom. The van der Waals surface area contributed by atoms with Crippen molar-refractivity contribution in [2.75, 3.05) is 14.2 Å². The van der Waals surface area contributed by atoms with Crippen molar-refractivity contribution in [3.05, 3.63) is 23.3 Å². The maximum Gasteiger partial charge on any atom is 0.347 e. The van der Waals surface area contributed by atoms with E-state index in [9.17, 15) is 4.79 Å². The largest absolute Gasteiger partial charge is 0.493 e. The second-order valence-corrected chi connectivity index (χ2v) is 6.04. The summed E-state index contributed by atoms with van der Waals surface area (Å²) in [5, 5.41) is 2.21. The first kappa shape index (κ1) is 15.2. The molecule has 22 heavy (non-hydrogen) atoms. The van der Waals surface area contributed by atoms with Gasteiger partial charge in [-0.25, -0.2) is 4.79 Å². The highest BCUT2D eigenvalue weighted by atomic mass is 16.6. The van der Waals surface area contributed by atoms with Gasteiger partial charge in [0, 0.05) is 0 Å². The van der Waals surface area contributed by atoms with Crippen LogP contribution in [0.4, 0.5) is 0 Å². The van der Waals surface area contributed by atoms with Gasteiger partial charge in [-0.15, -0.1) is 0 Å². The van der Waals surface area contributed by atoms with Gasteiger partial charge < -0.3 is 19.5 Å². The molecule has 3 rings (SSSR count). The summed E-state index contributed by atoms with van der Waals surface area (Å²) in [6.45, 7) is 0. The molecule has 0 saturated heterocycles. The van der Waals surface area contributed by atoms with Crippen molar-refractivity contribution in [3.63, 3.8) is 0 Å². The average Bonchev–Trinajstić information content (AvgIpc) is 2.70. The zero-order chi connectivity index (χ0) is 15.5. The summed E-state index contributed by atoms with van der Waals surface area (Å²) in [4.78, 5) is 12.3. The second-order valence-electron chi connectivity index (χ2n) is 6.04. The minimum atomic E-state index is -0.319. The van der Waals surface area contributed by atoms with Crippen LogP contribution in [0.1, 0.15) is 60.7 Å². The van der Waals surface area contributed by atoms with Gasteiger partial charge in [0.1, 0.15) is 5.56 Å². The summed E-state index contributed by atoms with van der Waals surface area (Å²) >= 11 is 0. The van der Waals surface area contributed by atoms with Crippen LogP contribution in [0, 0.1) is 0 Å². The zero-order valence-electron chi connectivity index (χ0n) is 13.3. The quantitative estimate of drug-likeness (QED) is 0.684. The van der Waals surface area contributed by atoms with E-state index in [4.69, 9.17) is 14.2 Å². The van der Waals surface area contributed by atoms with Gasteiger partial charge in [0.25, 0.3) is 6.23 Å². The summed E-state index contributed by atoms with van der Waals surface area (Å²) in [6, 6.07) is 4.28. The topological polar surface area (TPSA) is 61.4 Å². The first-order valence-corrected chi connectivity index (χ1v) is 8.05. The molecule has 2 aliphatic rings. The molecule has 0 radical (unpaired) electrons. The predicted octanol–water partition coefficient (Wildman–Crippen LogP) is 2.16. The summed E-state index contributed by atoms with van der Waals surface area (Å²) < 4.78 is 16.2. The highest BCUT2D eigenvalue weighted by molar-refractivity contribution is 5.97. The fourth-order valence-corrected chi connectivity index (χ4v) is 3.52. The van der Waals surface area contributed by atoms with Crippen LogP contribution in [0.25, 0.3) is 0 Å². The number of esters is 1. The van der Waals surface area contributed by atoms with Crippen molar-refractivity contribution in [2.45, 2.75) is 50.8 Å². The molecule has 1 aromatic carbocycles. The normalized spacial score (nSPS) is 21.9. The number of hydrogen-bond acceptors (Lipinski definition) is 4. The van der Waals surface area contributed by atoms with Crippen LogP contribution < -0.4 is 14.8 Å². The van der Waals surface area contributed by atoms with Crippen LogP contribution in [-0.2, 0) is 4.74 Å². The Balaban J connectivity index is 1.84. The van der Waals surface area contributed by atoms with E-state index in [1.165, 1.54) is 38.5 Å². The molecule has 5 heteroatoms. The Labute approximate surface area is 130 Å². The minimum Gasteiger partial charge on any atom is -0.493 e. The monoisotopic (exact) mass is 306 g/mol. The molecule has 0 spiro atoms. The van der Waals surface area contributed by atoms with Crippen molar-refractivity contribution in [3.8, 4) is 11.5 Å². The maximum atomic E-state index is 12.3. The van der Waals surface area contributed by atoms with Crippen LogP contribution >= 0.6 is 0 Å². The van der Waals surface area contributed by atoms with E-state index in [1.807, 2.05) is 12.1 Å². The van der Waals surface area contributed by atoms with E-state index in [1.54, 1.807) is 14.2 Å². The number of fused-ring (bicyclic) bond motifs is 1. The van der Waals surface area contributed by atoms with Gasteiger partial charge in [0.15, 0.2) is 11.5 Å². The lowest BCUT2D eigenvalue weighted by molar-refractivity contribution is -0.757. The lowest BCUT2D eigenvalue weighted by atomic mass is 10.0. The smallest absolute Gasteiger partial charge is 0.347 e. The number of ether oxygens (including phenoxy) is 3. The van der Waals surface area contributed by atoms with Gasteiger partial charge in [-0.1, -0.05) is 12.8 Å². The number of methoxy groups -OCH3 is 2. The van der Waals surface area contributed by atoms with Crippen LogP contribution in [0.5, 0.6) is 11.5 Å². The molecule has 0 unspecified atom stereocenters. The molecule has 1 atom stereocenters. The number of quaternary nitrogens is 1. The van der Waals surface area contributed by atoms with Crippen molar-refractivity contribution >= 4 is 5.97 Å². The van der Waals surface area contributed by atoms with E-state index < -0.39 is 0 Å². The Bertz CT molecular complexity index is 550. The number of carbonyl (C=O) groups excluding carboxylic acids is 1. The number of hydrogen-bond donors (Lipinski definition) is 1. The molecule has 0 aromatic heterocycles. The van der Waals surface area contributed by atoms with Gasteiger partial charge in [0.05, 0.1) is 25.8 Å². The van der Waals surface area contributed by atoms with Crippen LogP contribution in [0.2, 0.25) is 0 Å². The predicted molar refractivity (Wildman–Crippen MR) is 81.1 cm³/mol. The molecule has 5 nitrogen and oxygen atoms in total. The fraction of sp³-hybridized carbons (Fsp3) is 0.588. The van der Waals surface area contributed by atoms with Gasteiger partial charge >= 0.3 is 5.97 Å². The van der Waals surface area contributed by atoms with E-state index in [2.05, 4.69) is 5.32 Å². The van der Waals surface area contributed by atoms with Crippen LogP contribution in [0.3, 0.4) is 0 Å². The number of nitrogens with two attached hydrogens (primary N) is 1. The van der Waals surface area contributed by atoms with E-state index in [0.29, 0.717) is 23.1 Å². The van der Waals surface area contributed by atoms with Crippen molar-refractivity contribution < 1.29 is 24.3 Å². The third-order valence-corrected chi connectivity index (χ3v) is 4.67. The number of benzene rings is 1. The van der Waals surface area contributed by atoms with E-state index in [-0.39, 0.29) is 12.2 Å². The molecule has 2 N–H and O–H groups in total. The Kier molecular flexibility index (Phi) is 4.52. The van der Waals surface area contributed by atoms with Crippen LogP contribution in [-0.4, -0.2) is 26.2 Å². The molecule has 1 aliphatic heterocycles. The lowest BCUT2D eigenvalue weighted by Gasteiger charge is -2.17. The van der Waals surface area contributed by atoms with Gasteiger partial charge in [-0.05, 0) is 37.8 Å². The van der Waals surface area contributed by atoms with E-state index >= 15 is 0 Å². The Morgan fingerprint density at radius 1 is 1.09 bits per heavy atom. The number of rotatable bonds is 4. The molecule has 0 amide bonds. The lowest BCUT2D eigenvalue weighted by Crippen LogP contribution is -2.90. The minimum absolute atomic E-state index is 0.259. The first-order valence-electron chi connectivity index (χ1n) is 8.05. The van der Waals surface area contributed by atoms with Gasteiger partial charge in [-0.3, -0.25) is 0 Å². The van der Waals surface area contributed by atoms with Crippen LogP contribution in [0.15, 0.2) is 12.1 Å². The maximum absolute atomic E-state index is 12.3. The SMILES string of the molecule is COc1ccc2c(c1OC)C(=O)O[C@@H]2[NH2+]C1CCCCCC1. The highest BCUT2D eigenvalue weighted by Crippen LogP contribution is 2.39. The third-order valence-electron chi connectivity index (χ3n) is 4.67. The summed E-state index contributed by atoms with van der Waals surface area (Å²) in [5.74, 6) is 0.718. The van der Waals surface area contributed by atoms with E-state index in [0.717, 1.165) is 5.56 Å². The molecule has 0 bridgehead atoms. The standard InChI is InChI=1S/C17H23NO4/c1-20-13-10-9-12-14(15(13)21-2)17(19)22-16(12)18-11-7-5-3-4-6-8-11/h9-11,16,18H,3-8H2,1-2H3/p+1/t16-/m0/s1. The Morgan fingerprint density at radius 3 is 2.45 bits per heavy atom. The number of carbonyl (C=O) groups is 1. The summed E-state index contributed by atoms with van der Waals surface area (Å²) in [6.07, 6.45) is 7.28. The van der Waals surface area contributed by atoms with Crippen molar-refractivity contribution in [1.29, 1.82) is 0 Å². The summed E-state index contributed by atoms with van der Waals surface area (Å²) in [7, 11) is 3.12. The first-order chi connectivity index (χ1) is 10.7.